The highest BCUT2D eigenvalue weighted by Gasteiger charge is 2.48. The maximum Gasteiger partial charge on any atom is 0.260 e. The standard InChI is InChI=1S/C36H37NO7/c1-22-19-30(22)37-34(39)23(2)18-29(35(37)40)32-20-31(38)33(44-32)21-43-36(24-8-6-5-7-9-24,25-10-14-27(41-3)15-11-25)26-12-16-28(42-4)17-13-26/h5-18,29,31-33,38H,19-21H2,1-4H3. The number of carbonyl (C=O) groups excluding carboxylic acids is 2. The maximum atomic E-state index is 13.5. The molecule has 1 N–H and O–H groups in total. The molecule has 8 nitrogen and oxygen atoms in total. The van der Waals surface area contributed by atoms with Crippen molar-refractivity contribution in [3.63, 3.8) is 0 Å². The zero-order chi connectivity index (χ0) is 31.0. The first kappa shape index (κ1) is 29.8. The summed E-state index contributed by atoms with van der Waals surface area (Å²) in [5.41, 5.74) is 3.85. The fraction of sp³-hybridized carbons (Fsp3) is 0.333. The number of aliphatic hydroxyl groups is 1. The molecule has 228 valence electrons. The predicted octanol–water partition coefficient (Wildman–Crippen LogP) is 5.14. The lowest BCUT2D eigenvalue weighted by atomic mass is 9.80. The second-order valence-electron chi connectivity index (χ2n) is 11.6. The Morgan fingerprint density at radius 2 is 1.41 bits per heavy atom. The lowest BCUT2D eigenvalue weighted by Crippen LogP contribution is -2.45. The lowest BCUT2D eigenvalue weighted by Gasteiger charge is -2.37. The monoisotopic (exact) mass is 595 g/mol. The number of allylic oxidation sites excluding steroid dienone is 2. The zero-order valence-electron chi connectivity index (χ0n) is 25.4. The molecule has 0 aromatic heterocycles. The molecule has 3 aliphatic rings. The molecule has 0 bridgehead atoms. The third-order valence-corrected chi connectivity index (χ3v) is 8.84. The highest BCUT2D eigenvalue weighted by molar-refractivity contribution is 6.10. The number of imide groups is 1. The molecular formula is C36H37NO7. The van der Waals surface area contributed by atoms with Gasteiger partial charge in [-0.3, -0.25) is 9.59 Å². The summed E-state index contributed by atoms with van der Waals surface area (Å²) in [6.45, 7) is 3.68. The van der Waals surface area contributed by atoms with E-state index in [2.05, 4.69) is 0 Å². The first-order chi connectivity index (χ1) is 21.3. The Morgan fingerprint density at radius 1 is 0.864 bits per heavy atom. The quantitative estimate of drug-likeness (QED) is 0.256. The van der Waals surface area contributed by atoms with Crippen molar-refractivity contribution in [3.05, 3.63) is 118 Å². The minimum absolute atomic E-state index is 0.0428. The molecule has 0 saturated carbocycles. The highest BCUT2D eigenvalue weighted by Crippen LogP contribution is 2.43. The van der Waals surface area contributed by atoms with E-state index in [1.165, 1.54) is 4.90 Å². The van der Waals surface area contributed by atoms with Gasteiger partial charge < -0.3 is 24.1 Å². The normalized spacial score (nSPS) is 23.6. The van der Waals surface area contributed by atoms with Crippen LogP contribution in [0.3, 0.4) is 0 Å². The summed E-state index contributed by atoms with van der Waals surface area (Å²) >= 11 is 0. The van der Waals surface area contributed by atoms with Gasteiger partial charge in [-0.2, -0.15) is 0 Å². The number of hydrogen-bond donors (Lipinski definition) is 1. The van der Waals surface area contributed by atoms with Crippen LogP contribution in [0.1, 0.15) is 43.4 Å². The molecule has 1 aliphatic carbocycles. The van der Waals surface area contributed by atoms with Gasteiger partial charge in [0.25, 0.3) is 5.91 Å². The second kappa shape index (κ2) is 12.0. The van der Waals surface area contributed by atoms with Crippen LogP contribution in [-0.4, -0.2) is 61.0 Å². The molecule has 1 fully saturated rings. The Labute approximate surface area is 257 Å². The number of hydrogen-bond acceptors (Lipinski definition) is 7. The topological polar surface area (TPSA) is 94.5 Å². The zero-order valence-corrected chi connectivity index (χ0v) is 25.4. The minimum atomic E-state index is -1.07. The van der Waals surface area contributed by atoms with E-state index in [0.717, 1.165) is 28.0 Å². The number of benzene rings is 3. The highest BCUT2D eigenvalue weighted by atomic mass is 16.6. The van der Waals surface area contributed by atoms with E-state index >= 15 is 0 Å². The van der Waals surface area contributed by atoms with Gasteiger partial charge in [-0.25, -0.2) is 4.90 Å². The molecule has 2 heterocycles. The fourth-order valence-corrected chi connectivity index (χ4v) is 6.26. The van der Waals surface area contributed by atoms with Crippen LogP contribution >= 0.6 is 0 Å². The first-order valence-corrected chi connectivity index (χ1v) is 14.8. The molecule has 0 spiro atoms. The van der Waals surface area contributed by atoms with E-state index in [9.17, 15) is 14.7 Å². The molecule has 44 heavy (non-hydrogen) atoms. The number of carbonyl (C=O) groups is 2. The molecule has 3 aromatic rings. The smallest absolute Gasteiger partial charge is 0.260 e. The largest absolute Gasteiger partial charge is 0.497 e. The van der Waals surface area contributed by atoms with Crippen molar-refractivity contribution < 1.29 is 33.6 Å². The van der Waals surface area contributed by atoms with E-state index in [1.54, 1.807) is 27.2 Å². The van der Waals surface area contributed by atoms with Gasteiger partial charge >= 0.3 is 0 Å². The Hall–Kier alpha value is -4.24. The first-order valence-electron chi connectivity index (χ1n) is 14.8. The molecular weight excluding hydrogens is 558 g/mol. The van der Waals surface area contributed by atoms with E-state index in [4.69, 9.17) is 18.9 Å². The SMILES string of the molecule is COc1ccc(C(OCC2OC(C3C=C(C)C(=O)N(C4=C(C)C4)C3=O)CC2O)(c2ccccc2)c2ccc(OC)cc2)cc1. The van der Waals surface area contributed by atoms with Crippen LogP contribution in [0.2, 0.25) is 0 Å². The van der Waals surface area contributed by atoms with Crippen molar-refractivity contribution in [1.82, 2.24) is 4.90 Å². The van der Waals surface area contributed by atoms with Crippen molar-refractivity contribution in [2.45, 2.75) is 50.6 Å². The van der Waals surface area contributed by atoms with Crippen LogP contribution in [0.4, 0.5) is 0 Å². The summed E-state index contributed by atoms with van der Waals surface area (Å²) in [5.74, 6) is 0.167. The molecule has 4 unspecified atom stereocenters. The summed E-state index contributed by atoms with van der Waals surface area (Å²) < 4.78 is 24.2. The van der Waals surface area contributed by atoms with Crippen LogP contribution in [0, 0.1) is 5.92 Å². The molecule has 3 aromatic carbocycles. The molecule has 2 amide bonds. The Bertz CT molecular complexity index is 1550. The van der Waals surface area contributed by atoms with Crippen molar-refractivity contribution in [3.8, 4) is 11.5 Å². The average Bonchev–Trinajstić information content (AvgIpc) is 3.65. The summed E-state index contributed by atoms with van der Waals surface area (Å²) in [7, 11) is 3.25. The molecule has 2 aliphatic heterocycles. The number of rotatable bonds is 10. The number of ether oxygens (including phenoxy) is 4. The van der Waals surface area contributed by atoms with Crippen molar-refractivity contribution >= 4 is 11.8 Å². The van der Waals surface area contributed by atoms with Crippen LogP contribution in [-0.2, 0) is 24.7 Å². The van der Waals surface area contributed by atoms with Gasteiger partial charge in [-0.15, -0.1) is 0 Å². The second-order valence-corrected chi connectivity index (χ2v) is 11.6. The maximum absolute atomic E-state index is 13.5. The molecule has 8 heteroatoms. The lowest BCUT2D eigenvalue weighted by molar-refractivity contribution is -0.147. The van der Waals surface area contributed by atoms with Gasteiger partial charge in [0.15, 0.2) is 0 Å². The summed E-state index contributed by atoms with van der Waals surface area (Å²) in [5, 5.41) is 11.2. The van der Waals surface area contributed by atoms with Crippen LogP contribution in [0.15, 0.2) is 102 Å². The van der Waals surface area contributed by atoms with E-state index in [1.807, 2.05) is 85.8 Å². The van der Waals surface area contributed by atoms with Crippen LogP contribution in [0.25, 0.3) is 0 Å². The van der Waals surface area contributed by atoms with Gasteiger partial charge in [-0.1, -0.05) is 60.7 Å². The van der Waals surface area contributed by atoms with Crippen molar-refractivity contribution in [1.29, 1.82) is 0 Å². The summed E-state index contributed by atoms with van der Waals surface area (Å²) in [6, 6.07) is 25.4. The summed E-state index contributed by atoms with van der Waals surface area (Å²) in [4.78, 5) is 27.6. The number of methoxy groups -OCH3 is 2. The van der Waals surface area contributed by atoms with E-state index < -0.39 is 29.8 Å². The van der Waals surface area contributed by atoms with Crippen LogP contribution in [0.5, 0.6) is 11.5 Å². The Morgan fingerprint density at radius 3 is 1.93 bits per heavy atom. The van der Waals surface area contributed by atoms with Gasteiger partial charge in [0.05, 0.1) is 39.0 Å². The van der Waals surface area contributed by atoms with E-state index in [-0.39, 0.29) is 24.8 Å². The molecule has 0 radical (unpaired) electrons. The van der Waals surface area contributed by atoms with Gasteiger partial charge in [0.1, 0.15) is 23.2 Å². The number of nitrogens with zero attached hydrogens (tertiary/aromatic N) is 1. The number of amides is 2. The molecule has 4 atom stereocenters. The minimum Gasteiger partial charge on any atom is -0.497 e. The number of aliphatic hydroxyl groups excluding tert-OH is 1. The molecule has 6 rings (SSSR count). The van der Waals surface area contributed by atoms with Gasteiger partial charge in [0.2, 0.25) is 5.91 Å². The molecule has 1 saturated heterocycles. The Kier molecular flexibility index (Phi) is 8.16. The van der Waals surface area contributed by atoms with Crippen molar-refractivity contribution in [2.75, 3.05) is 20.8 Å². The Balaban J connectivity index is 1.32. The fourth-order valence-electron chi connectivity index (χ4n) is 6.26. The third kappa shape index (κ3) is 5.34. The van der Waals surface area contributed by atoms with Crippen molar-refractivity contribution in [2.24, 2.45) is 5.92 Å². The predicted molar refractivity (Wildman–Crippen MR) is 164 cm³/mol. The third-order valence-electron chi connectivity index (χ3n) is 8.84. The van der Waals surface area contributed by atoms with Crippen LogP contribution < -0.4 is 9.47 Å². The van der Waals surface area contributed by atoms with Gasteiger partial charge in [-0.05, 0) is 60.4 Å². The van der Waals surface area contributed by atoms with E-state index in [0.29, 0.717) is 23.5 Å². The average molecular weight is 596 g/mol. The summed E-state index contributed by atoms with van der Waals surface area (Å²) in [6.07, 6.45) is 0.425. The van der Waals surface area contributed by atoms with Gasteiger partial charge in [0, 0.05) is 24.1 Å².